The summed E-state index contributed by atoms with van der Waals surface area (Å²) in [6, 6.07) is 5.45. The molecule has 0 heterocycles. The Bertz CT molecular complexity index is 421. The van der Waals surface area contributed by atoms with Crippen LogP contribution in [0.1, 0.15) is 38.2 Å². The van der Waals surface area contributed by atoms with Gasteiger partial charge in [-0.25, -0.2) is 0 Å². The van der Waals surface area contributed by atoms with Gasteiger partial charge in [-0.05, 0) is 24.6 Å². The molecule has 4 heteroatoms. The molecule has 1 aromatic carbocycles. The largest absolute Gasteiger partial charge is 0.496 e. The van der Waals surface area contributed by atoms with Crippen LogP contribution in [0.15, 0.2) is 18.2 Å². The minimum absolute atomic E-state index is 0.162. The number of benzene rings is 1. The first-order valence-corrected chi connectivity index (χ1v) is 7.02. The van der Waals surface area contributed by atoms with Gasteiger partial charge in [0, 0.05) is 30.6 Å². The Morgan fingerprint density at radius 3 is 2.74 bits per heavy atom. The maximum atomic E-state index is 12.0. The van der Waals surface area contributed by atoms with Crippen LogP contribution in [-0.4, -0.2) is 25.0 Å². The van der Waals surface area contributed by atoms with E-state index in [9.17, 15) is 4.79 Å². The summed E-state index contributed by atoms with van der Waals surface area (Å²) >= 11 is 5.98. The molecule has 0 aliphatic carbocycles. The van der Waals surface area contributed by atoms with Crippen LogP contribution in [0.4, 0.5) is 0 Å². The molecule has 1 amide bonds. The Labute approximate surface area is 120 Å². The first-order chi connectivity index (χ1) is 9.08. The molecule has 0 fully saturated rings. The predicted octanol–water partition coefficient (Wildman–Crippen LogP) is 3.89. The Morgan fingerprint density at radius 1 is 1.37 bits per heavy atom. The van der Waals surface area contributed by atoms with E-state index in [1.165, 1.54) is 0 Å². The van der Waals surface area contributed by atoms with Gasteiger partial charge in [0.25, 0.3) is 0 Å². The molecule has 106 valence electrons. The van der Waals surface area contributed by atoms with Crippen molar-refractivity contribution in [3.8, 4) is 5.75 Å². The van der Waals surface area contributed by atoms with Crippen LogP contribution < -0.4 is 4.74 Å². The number of rotatable bonds is 7. The number of halogens is 1. The van der Waals surface area contributed by atoms with Gasteiger partial charge < -0.3 is 9.64 Å². The summed E-state index contributed by atoms with van der Waals surface area (Å²) in [6.07, 6.45) is 3.78. The second-order valence-corrected chi connectivity index (χ2v) is 5.10. The average Bonchev–Trinajstić information content (AvgIpc) is 2.39. The molecule has 1 aromatic rings. The van der Waals surface area contributed by atoms with Crippen LogP contribution in [0.2, 0.25) is 5.02 Å². The number of nitrogens with zero attached hydrogens (tertiary/aromatic N) is 1. The van der Waals surface area contributed by atoms with E-state index in [1.807, 2.05) is 19.2 Å². The van der Waals surface area contributed by atoms with Crippen LogP contribution in [0.25, 0.3) is 0 Å². The molecule has 1 rings (SSSR count). The summed E-state index contributed by atoms with van der Waals surface area (Å²) in [7, 11) is 3.43. The van der Waals surface area contributed by atoms with Crippen molar-refractivity contribution >= 4 is 17.5 Å². The van der Waals surface area contributed by atoms with E-state index < -0.39 is 0 Å². The minimum Gasteiger partial charge on any atom is -0.496 e. The second kappa shape index (κ2) is 8.05. The lowest BCUT2D eigenvalue weighted by molar-refractivity contribution is -0.130. The molecule has 3 nitrogen and oxygen atoms in total. The molecule has 19 heavy (non-hydrogen) atoms. The van der Waals surface area contributed by atoms with Crippen molar-refractivity contribution in [2.75, 3.05) is 14.2 Å². The Balaban J connectivity index is 2.62. The van der Waals surface area contributed by atoms with Crippen molar-refractivity contribution in [3.63, 3.8) is 0 Å². The number of unbranched alkanes of at least 4 members (excludes halogenated alkanes) is 2. The molecule has 0 radical (unpaired) electrons. The molecule has 0 atom stereocenters. The first kappa shape index (κ1) is 15.8. The van der Waals surface area contributed by atoms with E-state index in [0.29, 0.717) is 18.0 Å². The van der Waals surface area contributed by atoms with Gasteiger partial charge in [0.2, 0.25) is 5.91 Å². The third-order valence-corrected chi connectivity index (χ3v) is 3.31. The minimum atomic E-state index is 0.162. The number of methoxy groups -OCH3 is 1. The van der Waals surface area contributed by atoms with Crippen molar-refractivity contribution in [2.24, 2.45) is 0 Å². The monoisotopic (exact) mass is 283 g/mol. The van der Waals surface area contributed by atoms with Crippen LogP contribution in [-0.2, 0) is 11.3 Å². The standard InChI is InChI=1S/C15H22ClNO2/c1-4-5-6-7-15(18)17(2)11-12-10-13(16)8-9-14(12)19-3/h8-10H,4-7,11H2,1-3H3. The summed E-state index contributed by atoms with van der Waals surface area (Å²) in [5.74, 6) is 0.924. The Kier molecular flexibility index (Phi) is 6.71. The van der Waals surface area contributed by atoms with E-state index in [0.717, 1.165) is 30.6 Å². The molecule has 0 aromatic heterocycles. The van der Waals surface area contributed by atoms with E-state index >= 15 is 0 Å². The number of hydrogen-bond donors (Lipinski definition) is 0. The highest BCUT2D eigenvalue weighted by atomic mass is 35.5. The average molecular weight is 284 g/mol. The van der Waals surface area contributed by atoms with Gasteiger partial charge in [-0.15, -0.1) is 0 Å². The van der Waals surface area contributed by atoms with E-state index in [-0.39, 0.29) is 5.91 Å². The fourth-order valence-corrected chi connectivity index (χ4v) is 2.13. The van der Waals surface area contributed by atoms with E-state index in [1.54, 1.807) is 18.1 Å². The number of carbonyl (C=O) groups is 1. The van der Waals surface area contributed by atoms with Gasteiger partial charge in [-0.3, -0.25) is 4.79 Å². The fraction of sp³-hybridized carbons (Fsp3) is 0.533. The van der Waals surface area contributed by atoms with Crippen molar-refractivity contribution in [3.05, 3.63) is 28.8 Å². The smallest absolute Gasteiger partial charge is 0.222 e. The normalized spacial score (nSPS) is 10.3. The molecule has 0 unspecified atom stereocenters. The van der Waals surface area contributed by atoms with Gasteiger partial charge in [0.05, 0.1) is 7.11 Å². The molecular formula is C15H22ClNO2. The predicted molar refractivity (Wildman–Crippen MR) is 78.6 cm³/mol. The molecule has 0 spiro atoms. The SMILES string of the molecule is CCCCCC(=O)N(C)Cc1cc(Cl)ccc1OC. The topological polar surface area (TPSA) is 29.5 Å². The Morgan fingerprint density at radius 2 is 2.11 bits per heavy atom. The molecule has 0 N–H and O–H groups in total. The quantitative estimate of drug-likeness (QED) is 0.711. The number of ether oxygens (including phenoxy) is 1. The highest BCUT2D eigenvalue weighted by molar-refractivity contribution is 6.30. The van der Waals surface area contributed by atoms with Crippen LogP contribution in [0.3, 0.4) is 0 Å². The van der Waals surface area contributed by atoms with Crippen LogP contribution >= 0.6 is 11.6 Å². The van der Waals surface area contributed by atoms with Gasteiger partial charge in [-0.2, -0.15) is 0 Å². The van der Waals surface area contributed by atoms with Crippen molar-refractivity contribution in [1.29, 1.82) is 0 Å². The highest BCUT2D eigenvalue weighted by Crippen LogP contribution is 2.24. The van der Waals surface area contributed by atoms with Gasteiger partial charge in [0.15, 0.2) is 0 Å². The third-order valence-electron chi connectivity index (χ3n) is 3.07. The van der Waals surface area contributed by atoms with Crippen LogP contribution in [0, 0.1) is 0 Å². The zero-order valence-corrected chi connectivity index (χ0v) is 12.7. The van der Waals surface area contributed by atoms with Gasteiger partial charge in [0.1, 0.15) is 5.75 Å². The van der Waals surface area contributed by atoms with E-state index in [2.05, 4.69) is 6.92 Å². The summed E-state index contributed by atoms with van der Waals surface area (Å²) < 4.78 is 5.28. The highest BCUT2D eigenvalue weighted by Gasteiger charge is 2.12. The molecule has 0 aliphatic heterocycles. The molecular weight excluding hydrogens is 262 g/mol. The lowest BCUT2D eigenvalue weighted by Crippen LogP contribution is -2.26. The molecule has 0 aliphatic rings. The molecule has 0 saturated carbocycles. The number of amides is 1. The lowest BCUT2D eigenvalue weighted by atomic mass is 10.1. The summed E-state index contributed by atoms with van der Waals surface area (Å²) in [4.78, 5) is 13.7. The molecule has 0 bridgehead atoms. The van der Waals surface area contributed by atoms with Crippen molar-refractivity contribution in [2.45, 2.75) is 39.2 Å². The zero-order valence-electron chi connectivity index (χ0n) is 11.9. The van der Waals surface area contributed by atoms with Gasteiger partial charge in [-0.1, -0.05) is 31.4 Å². The van der Waals surface area contributed by atoms with E-state index in [4.69, 9.17) is 16.3 Å². The summed E-state index contributed by atoms with van der Waals surface area (Å²) in [6.45, 7) is 2.65. The number of hydrogen-bond acceptors (Lipinski definition) is 2. The molecule has 0 saturated heterocycles. The van der Waals surface area contributed by atoms with Gasteiger partial charge >= 0.3 is 0 Å². The first-order valence-electron chi connectivity index (χ1n) is 6.64. The Hall–Kier alpha value is -1.22. The summed E-state index contributed by atoms with van der Waals surface area (Å²) in [5, 5.41) is 0.655. The lowest BCUT2D eigenvalue weighted by Gasteiger charge is -2.19. The maximum absolute atomic E-state index is 12.0. The summed E-state index contributed by atoms with van der Waals surface area (Å²) in [5.41, 5.74) is 0.932. The van der Waals surface area contributed by atoms with Crippen LogP contribution in [0.5, 0.6) is 5.75 Å². The van der Waals surface area contributed by atoms with Crippen molar-refractivity contribution in [1.82, 2.24) is 4.90 Å². The maximum Gasteiger partial charge on any atom is 0.222 e. The van der Waals surface area contributed by atoms with Crippen molar-refractivity contribution < 1.29 is 9.53 Å². The fourth-order valence-electron chi connectivity index (χ4n) is 1.93. The third kappa shape index (κ3) is 5.11. The second-order valence-electron chi connectivity index (χ2n) is 4.66. The zero-order chi connectivity index (χ0) is 14.3. The number of carbonyl (C=O) groups excluding carboxylic acids is 1.